The normalized spacial score (nSPS) is 10.1. The van der Waals surface area contributed by atoms with Crippen molar-refractivity contribution in [1.29, 1.82) is 0 Å². The topological polar surface area (TPSA) is 38.0 Å². The second-order valence-electron chi connectivity index (χ2n) is 3.93. The summed E-state index contributed by atoms with van der Waals surface area (Å²) in [6, 6.07) is 16.3. The molecule has 0 saturated heterocycles. The number of hydrogen-bond donors (Lipinski definition) is 2. The molecule has 0 aliphatic carbocycles. The highest BCUT2D eigenvalue weighted by Crippen LogP contribution is 2.20. The van der Waals surface area contributed by atoms with Gasteiger partial charge in [-0.25, -0.2) is 0 Å². The molecule has 0 unspecified atom stereocenters. The first-order chi connectivity index (χ1) is 7.75. The molecule has 2 rings (SSSR count). The van der Waals surface area contributed by atoms with Crippen LogP contribution in [0.25, 0.3) is 0 Å². The lowest BCUT2D eigenvalue weighted by Crippen LogP contribution is -2.02. The number of anilines is 2. The lowest BCUT2D eigenvalue weighted by atomic mass is 10.2. The summed E-state index contributed by atoms with van der Waals surface area (Å²) < 4.78 is 0. The van der Waals surface area contributed by atoms with Gasteiger partial charge in [-0.2, -0.15) is 0 Å². The van der Waals surface area contributed by atoms with Crippen molar-refractivity contribution in [1.82, 2.24) is 0 Å². The summed E-state index contributed by atoms with van der Waals surface area (Å²) in [7, 11) is 0. The van der Waals surface area contributed by atoms with Crippen molar-refractivity contribution in [3.05, 3.63) is 59.7 Å². The number of hydrogen-bond acceptors (Lipinski definition) is 2. The van der Waals surface area contributed by atoms with Gasteiger partial charge in [-0.3, -0.25) is 0 Å². The van der Waals surface area contributed by atoms with Gasteiger partial charge in [0.1, 0.15) is 0 Å². The Morgan fingerprint density at radius 3 is 2.50 bits per heavy atom. The van der Waals surface area contributed by atoms with Gasteiger partial charge >= 0.3 is 0 Å². The highest BCUT2D eigenvalue weighted by Gasteiger charge is 1.98. The Morgan fingerprint density at radius 2 is 1.81 bits per heavy atom. The van der Waals surface area contributed by atoms with E-state index >= 15 is 0 Å². The van der Waals surface area contributed by atoms with Crippen LogP contribution in [0.4, 0.5) is 11.4 Å². The van der Waals surface area contributed by atoms with Crippen LogP contribution in [-0.4, -0.2) is 0 Å². The lowest BCUT2D eigenvalue weighted by molar-refractivity contribution is 1.15. The van der Waals surface area contributed by atoms with Crippen molar-refractivity contribution >= 4 is 11.4 Å². The predicted octanol–water partition coefficient (Wildman–Crippen LogP) is 3.19. The van der Waals surface area contributed by atoms with E-state index in [2.05, 4.69) is 23.5 Å². The molecule has 2 aromatic rings. The van der Waals surface area contributed by atoms with Gasteiger partial charge in [0.2, 0.25) is 0 Å². The standard InChI is InChI=1S/C14H16N2/c1-11-7-8-14(13(15)9-11)16-10-12-5-3-2-4-6-12/h2-9,16H,10,15H2,1H3. The first-order valence-corrected chi connectivity index (χ1v) is 5.39. The van der Waals surface area contributed by atoms with Crippen molar-refractivity contribution in [3.8, 4) is 0 Å². The molecule has 2 aromatic carbocycles. The Kier molecular flexibility index (Phi) is 3.10. The summed E-state index contributed by atoms with van der Waals surface area (Å²) in [4.78, 5) is 0. The van der Waals surface area contributed by atoms with E-state index in [1.54, 1.807) is 0 Å². The molecule has 0 amide bonds. The number of rotatable bonds is 3. The number of benzene rings is 2. The molecule has 0 atom stereocenters. The molecule has 0 bridgehead atoms. The van der Waals surface area contributed by atoms with Gasteiger partial charge < -0.3 is 11.1 Å². The minimum atomic E-state index is 0.800. The van der Waals surface area contributed by atoms with E-state index in [0.29, 0.717) is 0 Å². The predicted molar refractivity (Wildman–Crippen MR) is 69.4 cm³/mol. The molecule has 0 heterocycles. The van der Waals surface area contributed by atoms with Gasteiger partial charge in [0.25, 0.3) is 0 Å². The van der Waals surface area contributed by atoms with Crippen molar-refractivity contribution < 1.29 is 0 Å². The fourth-order valence-corrected chi connectivity index (χ4v) is 1.64. The third kappa shape index (κ3) is 2.54. The van der Waals surface area contributed by atoms with E-state index in [-0.39, 0.29) is 0 Å². The first-order valence-electron chi connectivity index (χ1n) is 5.39. The Bertz CT molecular complexity index is 463. The maximum atomic E-state index is 5.92. The SMILES string of the molecule is Cc1ccc(NCc2ccccc2)c(N)c1. The Hall–Kier alpha value is -1.96. The zero-order chi connectivity index (χ0) is 11.4. The first kappa shape index (κ1) is 10.6. The summed E-state index contributed by atoms with van der Waals surface area (Å²) in [5.41, 5.74) is 10.2. The van der Waals surface area contributed by atoms with Gasteiger partial charge in [-0.1, -0.05) is 36.4 Å². The van der Waals surface area contributed by atoms with Gasteiger partial charge in [-0.15, -0.1) is 0 Å². The van der Waals surface area contributed by atoms with E-state index in [0.717, 1.165) is 17.9 Å². The average Bonchev–Trinajstić information content (AvgIpc) is 2.29. The summed E-state index contributed by atoms with van der Waals surface area (Å²) in [5.74, 6) is 0. The second-order valence-corrected chi connectivity index (χ2v) is 3.93. The van der Waals surface area contributed by atoms with Crippen LogP contribution in [0.1, 0.15) is 11.1 Å². The van der Waals surface area contributed by atoms with E-state index in [1.165, 1.54) is 11.1 Å². The van der Waals surface area contributed by atoms with Crippen LogP contribution in [0, 0.1) is 6.92 Å². The highest BCUT2D eigenvalue weighted by molar-refractivity contribution is 5.66. The van der Waals surface area contributed by atoms with Crippen molar-refractivity contribution in [2.75, 3.05) is 11.1 Å². The van der Waals surface area contributed by atoms with E-state index in [1.807, 2.05) is 37.3 Å². The molecule has 0 radical (unpaired) electrons. The molecule has 16 heavy (non-hydrogen) atoms. The summed E-state index contributed by atoms with van der Waals surface area (Å²) in [6.07, 6.45) is 0. The third-order valence-corrected chi connectivity index (χ3v) is 2.53. The minimum Gasteiger partial charge on any atom is -0.397 e. The van der Waals surface area contributed by atoms with Crippen LogP contribution in [0.5, 0.6) is 0 Å². The van der Waals surface area contributed by atoms with Crippen LogP contribution < -0.4 is 11.1 Å². The molecular weight excluding hydrogens is 196 g/mol. The maximum Gasteiger partial charge on any atom is 0.0576 e. The molecule has 0 aliphatic heterocycles. The summed E-state index contributed by atoms with van der Waals surface area (Å²) >= 11 is 0. The molecule has 0 spiro atoms. The van der Waals surface area contributed by atoms with Crippen molar-refractivity contribution in [3.63, 3.8) is 0 Å². The molecule has 0 saturated carbocycles. The Labute approximate surface area is 96.1 Å². The van der Waals surface area contributed by atoms with Crippen LogP contribution >= 0.6 is 0 Å². The Balaban J connectivity index is 2.05. The van der Waals surface area contributed by atoms with Gasteiger partial charge in [-0.05, 0) is 30.2 Å². The highest BCUT2D eigenvalue weighted by atomic mass is 14.9. The Morgan fingerprint density at radius 1 is 1.06 bits per heavy atom. The molecular formula is C14H16N2. The molecule has 2 nitrogen and oxygen atoms in total. The summed E-state index contributed by atoms with van der Waals surface area (Å²) in [5, 5.41) is 3.33. The molecule has 0 aromatic heterocycles. The number of aryl methyl sites for hydroxylation is 1. The monoisotopic (exact) mass is 212 g/mol. The zero-order valence-electron chi connectivity index (χ0n) is 9.40. The molecule has 82 valence electrons. The number of nitrogens with two attached hydrogens (primary N) is 1. The van der Waals surface area contributed by atoms with E-state index in [4.69, 9.17) is 5.73 Å². The fraction of sp³-hybridized carbons (Fsp3) is 0.143. The fourth-order valence-electron chi connectivity index (χ4n) is 1.64. The van der Waals surface area contributed by atoms with Gasteiger partial charge in [0.05, 0.1) is 11.4 Å². The number of nitrogen functional groups attached to an aromatic ring is 1. The molecule has 0 fully saturated rings. The largest absolute Gasteiger partial charge is 0.397 e. The van der Waals surface area contributed by atoms with Gasteiger partial charge in [0.15, 0.2) is 0 Å². The van der Waals surface area contributed by atoms with Crippen LogP contribution in [0.15, 0.2) is 48.5 Å². The quantitative estimate of drug-likeness (QED) is 0.767. The van der Waals surface area contributed by atoms with Crippen LogP contribution in [0.2, 0.25) is 0 Å². The van der Waals surface area contributed by atoms with E-state index < -0.39 is 0 Å². The molecule has 0 aliphatic rings. The third-order valence-electron chi connectivity index (χ3n) is 2.53. The summed E-state index contributed by atoms with van der Waals surface area (Å²) in [6.45, 7) is 2.84. The van der Waals surface area contributed by atoms with E-state index in [9.17, 15) is 0 Å². The van der Waals surface area contributed by atoms with Crippen molar-refractivity contribution in [2.45, 2.75) is 13.5 Å². The smallest absolute Gasteiger partial charge is 0.0576 e. The molecule has 2 heteroatoms. The average molecular weight is 212 g/mol. The zero-order valence-corrected chi connectivity index (χ0v) is 9.40. The lowest BCUT2D eigenvalue weighted by Gasteiger charge is -2.09. The van der Waals surface area contributed by atoms with Crippen molar-refractivity contribution in [2.24, 2.45) is 0 Å². The van der Waals surface area contributed by atoms with Gasteiger partial charge in [0, 0.05) is 6.54 Å². The second kappa shape index (κ2) is 4.71. The van der Waals surface area contributed by atoms with Crippen LogP contribution in [-0.2, 0) is 6.54 Å². The van der Waals surface area contributed by atoms with Crippen LogP contribution in [0.3, 0.4) is 0 Å². The molecule has 3 N–H and O–H groups in total. The number of nitrogens with one attached hydrogen (secondary N) is 1. The minimum absolute atomic E-state index is 0.800. The maximum absolute atomic E-state index is 5.92.